The second kappa shape index (κ2) is 9.32. The Bertz CT molecular complexity index is 841. The molecule has 0 unspecified atom stereocenters. The van der Waals surface area contributed by atoms with Gasteiger partial charge in [0.1, 0.15) is 17.0 Å². The zero-order chi connectivity index (χ0) is 24.2. The number of nitrogens with zero attached hydrogens (tertiary/aromatic N) is 1. The number of hydrogen-bond donors (Lipinski definition) is 1. The van der Waals surface area contributed by atoms with Crippen molar-refractivity contribution in [1.82, 2.24) is 10.4 Å². The minimum Gasteiger partial charge on any atom is -0.467 e. The minimum absolute atomic E-state index is 0.103. The van der Waals surface area contributed by atoms with E-state index >= 15 is 0 Å². The summed E-state index contributed by atoms with van der Waals surface area (Å²) in [5, 5.41) is 0.420. The second-order valence-electron chi connectivity index (χ2n) is 8.83. The average molecular weight is 440 g/mol. The van der Waals surface area contributed by atoms with Crippen molar-refractivity contribution < 1.29 is 37.8 Å². The van der Waals surface area contributed by atoms with Crippen LogP contribution in [0.3, 0.4) is 0 Å². The van der Waals surface area contributed by atoms with Gasteiger partial charge in [-0.25, -0.2) is 24.2 Å². The Balaban J connectivity index is 3.54. The number of hydrogen-bond acceptors (Lipinski definition) is 7. The summed E-state index contributed by atoms with van der Waals surface area (Å²) >= 11 is 0. The maximum Gasteiger partial charge on any atom is 0.430 e. The van der Waals surface area contributed by atoms with Crippen molar-refractivity contribution in [3.05, 3.63) is 35.6 Å². The number of esters is 1. The lowest BCUT2D eigenvalue weighted by Crippen LogP contribution is -2.67. The van der Waals surface area contributed by atoms with Gasteiger partial charge in [0.05, 0.1) is 7.11 Å². The van der Waals surface area contributed by atoms with E-state index in [1.54, 1.807) is 41.5 Å². The molecule has 2 amide bonds. The maximum atomic E-state index is 13.3. The number of halogens is 1. The number of carbonyl (C=O) groups excluding carboxylic acids is 4. The van der Waals surface area contributed by atoms with Crippen LogP contribution in [-0.2, 0) is 19.0 Å². The van der Waals surface area contributed by atoms with E-state index in [1.807, 2.05) is 0 Å². The molecule has 0 aromatic heterocycles. The monoisotopic (exact) mass is 440 g/mol. The van der Waals surface area contributed by atoms with Gasteiger partial charge in [0, 0.05) is 5.56 Å². The lowest BCUT2D eigenvalue weighted by Gasteiger charge is -2.38. The van der Waals surface area contributed by atoms with Crippen LogP contribution >= 0.6 is 0 Å². The van der Waals surface area contributed by atoms with E-state index in [9.17, 15) is 23.6 Å². The van der Waals surface area contributed by atoms with Gasteiger partial charge in [-0.2, -0.15) is 5.01 Å². The van der Waals surface area contributed by atoms with Crippen LogP contribution in [0, 0.1) is 5.82 Å². The molecule has 31 heavy (non-hydrogen) atoms. The van der Waals surface area contributed by atoms with Gasteiger partial charge in [-0.15, -0.1) is 0 Å². The van der Waals surface area contributed by atoms with Gasteiger partial charge in [-0.1, -0.05) is 0 Å². The Labute approximate surface area is 180 Å². The van der Waals surface area contributed by atoms with E-state index in [0.29, 0.717) is 5.01 Å². The van der Waals surface area contributed by atoms with Crippen LogP contribution in [0.4, 0.5) is 14.0 Å². The fourth-order valence-electron chi connectivity index (χ4n) is 2.41. The number of rotatable bonds is 4. The molecule has 1 aromatic carbocycles. The number of benzene rings is 1. The fourth-order valence-corrected chi connectivity index (χ4v) is 2.41. The molecule has 172 valence electrons. The highest BCUT2D eigenvalue weighted by Crippen LogP contribution is 2.25. The van der Waals surface area contributed by atoms with Crippen LogP contribution in [0.1, 0.15) is 58.8 Å². The third-order valence-corrected chi connectivity index (χ3v) is 3.76. The first-order chi connectivity index (χ1) is 14.0. The third-order valence-electron chi connectivity index (χ3n) is 3.76. The topological polar surface area (TPSA) is 111 Å². The molecule has 0 radical (unpaired) electrons. The van der Waals surface area contributed by atoms with Crippen molar-refractivity contribution in [2.45, 2.75) is 65.2 Å². The molecule has 1 aromatic rings. The Kier molecular flexibility index (Phi) is 7.77. The van der Waals surface area contributed by atoms with Crippen LogP contribution in [0.15, 0.2) is 24.3 Å². The van der Waals surface area contributed by atoms with E-state index in [4.69, 9.17) is 14.2 Å². The Morgan fingerprint density at radius 3 is 1.77 bits per heavy atom. The maximum absolute atomic E-state index is 13.3. The zero-order valence-electron chi connectivity index (χ0n) is 19.0. The summed E-state index contributed by atoms with van der Waals surface area (Å²) in [7, 11) is 1.01. The molecule has 1 atom stereocenters. The van der Waals surface area contributed by atoms with Gasteiger partial charge in [0.15, 0.2) is 0 Å². The predicted molar refractivity (Wildman–Crippen MR) is 109 cm³/mol. The molecule has 0 aliphatic heterocycles. The van der Waals surface area contributed by atoms with E-state index in [-0.39, 0.29) is 5.56 Å². The van der Waals surface area contributed by atoms with Crippen molar-refractivity contribution >= 4 is 23.9 Å². The number of nitrogens with one attached hydrogen (secondary N) is 1. The van der Waals surface area contributed by atoms with Gasteiger partial charge >= 0.3 is 18.2 Å². The van der Waals surface area contributed by atoms with Crippen LogP contribution in [0.25, 0.3) is 0 Å². The van der Waals surface area contributed by atoms with Gasteiger partial charge < -0.3 is 14.2 Å². The lowest BCUT2D eigenvalue weighted by atomic mass is 9.90. The first-order valence-electron chi connectivity index (χ1n) is 9.43. The normalized spacial score (nSPS) is 13.5. The van der Waals surface area contributed by atoms with Crippen LogP contribution in [0.2, 0.25) is 0 Å². The highest BCUT2D eigenvalue weighted by molar-refractivity contribution is 6.17. The molecular weight excluding hydrogens is 411 g/mol. The zero-order valence-corrected chi connectivity index (χ0v) is 19.0. The molecule has 0 spiro atoms. The van der Waals surface area contributed by atoms with E-state index in [2.05, 4.69) is 5.43 Å². The van der Waals surface area contributed by atoms with Crippen molar-refractivity contribution in [3.8, 4) is 0 Å². The molecule has 1 rings (SSSR count). The van der Waals surface area contributed by atoms with Crippen molar-refractivity contribution in [3.63, 3.8) is 0 Å². The van der Waals surface area contributed by atoms with Gasteiger partial charge in [0.2, 0.25) is 11.3 Å². The smallest absolute Gasteiger partial charge is 0.430 e. The summed E-state index contributed by atoms with van der Waals surface area (Å²) in [5.74, 6) is -2.71. The molecule has 0 bridgehead atoms. The SMILES string of the molecule is COC(=O)[C@](C)(C(=O)c1ccc(F)cc1)N(NC(=O)OC(C)(C)C)C(=O)OC(C)(C)C. The number of Topliss-reactive ketones (excluding diaryl/α,β-unsaturated/α-hetero) is 1. The number of hydrazine groups is 1. The summed E-state index contributed by atoms with van der Waals surface area (Å²) in [6, 6.07) is 4.31. The summed E-state index contributed by atoms with van der Waals surface area (Å²) in [5.41, 5.74) is -2.35. The number of ketones is 1. The average Bonchev–Trinajstić information content (AvgIpc) is 2.62. The van der Waals surface area contributed by atoms with Gasteiger partial charge in [-0.05, 0) is 72.7 Å². The number of ether oxygens (including phenoxy) is 3. The summed E-state index contributed by atoms with van der Waals surface area (Å²) in [6.07, 6.45) is -2.32. The van der Waals surface area contributed by atoms with Crippen molar-refractivity contribution in [1.29, 1.82) is 0 Å². The van der Waals surface area contributed by atoms with Crippen LogP contribution in [-0.4, -0.2) is 52.8 Å². The van der Waals surface area contributed by atoms with Crippen LogP contribution in [0.5, 0.6) is 0 Å². The molecule has 0 aliphatic carbocycles. The summed E-state index contributed by atoms with van der Waals surface area (Å²) in [4.78, 5) is 51.4. The number of amides is 2. The summed E-state index contributed by atoms with van der Waals surface area (Å²) in [6.45, 7) is 10.5. The van der Waals surface area contributed by atoms with Crippen LogP contribution < -0.4 is 5.43 Å². The molecule has 1 N–H and O–H groups in total. The Morgan fingerprint density at radius 2 is 1.35 bits per heavy atom. The predicted octanol–water partition coefficient (Wildman–Crippen LogP) is 3.62. The quantitative estimate of drug-likeness (QED) is 0.250. The molecule has 0 saturated carbocycles. The van der Waals surface area contributed by atoms with E-state index in [1.165, 1.54) is 0 Å². The molecule has 0 heterocycles. The largest absolute Gasteiger partial charge is 0.467 e. The summed E-state index contributed by atoms with van der Waals surface area (Å²) < 4.78 is 28.5. The molecule has 10 heteroatoms. The second-order valence-corrected chi connectivity index (χ2v) is 8.83. The van der Waals surface area contributed by atoms with E-state index < -0.39 is 46.5 Å². The first-order valence-corrected chi connectivity index (χ1v) is 9.43. The van der Waals surface area contributed by atoms with Gasteiger partial charge in [0.25, 0.3) is 0 Å². The standard InChI is InChI=1S/C21H29FN2O7/c1-19(2,3)30-17(27)23-24(18(28)31-20(4,5)6)21(7,16(26)29-8)15(25)13-9-11-14(22)12-10-13/h9-12H,1-8H3,(H,23,27)/t21-/m0/s1. The minimum atomic E-state index is -2.40. The van der Waals surface area contributed by atoms with Crippen molar-refractivity contribution in [2.75, 3.05) is 7.11 Å². The fraction of sp³-hybridized carbons (Fsp3) is 0.524. The van der Waals surface area contributed by atoms with Gasteiger partial charge in [-0.3, -0.25) is 4.79 Å². The molecule has 0 aliphatic rings. The Morgan fingerprint density at radius 1 is 0.871 bits per heavy atom. The first kappa shape index (κ1) is 25.9. The molecular formula is C21H29FN2O7. The molecule has 0 saturated heterocycles. The van der Waals surface area contributed by atoms with Crippen molar-refractivity contribution in [2.24, 2.45) is 0 Å². The van der Waals surface area contributed by atoms with E-state index in [0.717, 1.165) is 38.3 Å². The lowest BCUT2D eigenvalue weighted by molar-refractivity contribution is -0.152. The Hall–Kier alpha value is -3.17. The number of carbonyl (C=O) groups is 4. The third kappa shape index (κ3) is 6.94. The highest BCUT2D eigenvalue weighted by Gasteiger charge is 2.53. The highest BCUT2D eigenvalue weighted by atomic mass is 19.1. The molecule has 9 nitrogen and oxygen atoms in total. The molecule has 0 fully saturated rings. The number of methoxy groups -OCH3 is 1.